The summed E-state index contributed by atoms with van der Waals surface area (Å²) in [6, 6.07) is 15.4. The lowest BCUT2D eigenvalue weighted by Gasteiger charge is -2.13. The van der Waals surface area contributed by atoms with E-state index in [9.17, 15) is 9.59 Å². The van der Waals surface area contributed by atoms with Crippen LogP contribution in [0.3, 0.4) is 0 Å². The number of benzene rings is 2. The van der Waals surface area contributed by atoms with E-state index in [1.807, 2.05) is 67.5 Å². The van der Waals surface area contributed by atoms with E-state index in [0.29, 0.717) is 10.6 Å². The third kappa shape index (κ3) is 3.61. The van der Waals surface area contributed by atoms with Crippen LogP contribution >= 0.6 is 11.8 Å². The van der Waals surface area contributed by atoms with E-state index in [4.69, 9.17) is 0 Å². The van der Waals surface area contributed by atoms with Gasteiger partial charge < -0.3 is 4.90 Å². The number of carbonyl (C=O) groups is 2. The fourth-order valence-electron chi connectivity index (χ4n) is 2.59. The molecule has 1 saturated heterocycles. The normalized spacial score (nSPS) is 16.0. The van der Waals surface area contributed by atoms with Crippen LogP contribution in [0, 0.1) is 0 Å². The number of rotatable bonds is 4. The molecule has 0 spiro atoms. The maximum Gasteiger partial charge on any atom is 0.298 e. The first-order valence-corrected chi connectivity index (χ1v) is 8.95. The van der Waals surface area contributed by atoms with Crippen molar-refractivity contribution in [3.8, 4) is 0 Å². The number of anilines is 2. The molecule has 0 N–H and O–H groups in total. The minimum Gasteiger partial charge on any atom is -0.378 e. The highest BCUT2D eigenvalue weighted by atomic mass is 32.2. The lowest BCUT2D eigenvalue weighted by Crippen LogP contribution is -2.27. The molecule has 5 heteroatoms. The second-order valence-corrected chi connectivity index (χ2v) is 7.02. The van der Waals surface area contributed by atoms with E-state index in [1.54, 1.807) is 6.08 Å². The summed E-state index contributed by atoms with van der Waals surface area (Å²) in [5, 5.41) is -0.259. The average Bonchev–Trinajstić information content (AvgIpc) is 2.89. The Morgan fingerprint density at radius 3 is 2.20 bits per heavy atom. The van der Waals surface area contributed by atoms with E-state index in [0.717, 1.165) is 29.4 Å². The molecule has 1 aliphatic rings. The van der Waals surface area contributed by atoms with Crippen LogP contribution in [0.15, 0.2) is 53.4 Å². The van der Waals surface area contributed by atoms with Gasteiger partial charge in [-0.3, -0.25) is 9.59 Å². The highest BCUT2D eigenvalue weighted by Crippen LogP contribution is 2.35. The number of aryl methyl sites for hydroxylation is 1. The van der Waals surface area contributed by atoms with Crippen LogP contribution < -0.4 is 9.80 Å². The Labute approximate surface area is 152 Å². The summed E-state index contributed by atoms with van der Waals surface area (Å²) in [4.78, 5) is 28.7. The maximum atomic E-state index is 12.7. The summed E-state index contributed by atoms with van der Waals surface area (Å²) in [6.45, 7) is 2.07. The highest BCUT2D eigenvalue weighted by Gasteiger charge is 2.36. The molecule has 1 heterocycles. The number of imide groups is 1. The molecule has 2 aromatic carbocycles. The molecule has 0 aromatic heterocycles. The fourth-order valence-corrected chi connectivity index (χ4v) is 3.43. The van der Waals surface area contributed by atoms with Gasteiger partial charge in [-0.1, -0.05) is 31.2 Å². The number of amides is 2. The van der Waals surface area contributed by atoms with Gasteiger partial charge in [-0.2, -0.15) is 0 Å². The summed E-state index contributed by atoms with van der Waals surface area (Å²) in [6.07, 6.45) is 2.69. The molecule has 2 amide bonds. The van der Waals surface area contributed by atoms with Crippen LogP contribution in [0.25, 0.3) is 6.08 Å². The first-order chi connectivity index (χ1) is 12.0. The van der Waals surface area contributed by atoms with Crippen molar-refractivity contribution in [3.63, 3.8) is 0 Å². The third-order valence-electron chi connectivity index (χ3n) is 4.10. The molecule has 0 radical (unpaired) electrons. The monoisotopic (exact) mass is 352 g/mol. The van der Waals surface area contributed by atoms with Crippen LogP contribution in [-0.2, 0) is 11.2 Å². The Balaban J connectivity index is 1.84. The fraction of sp³-hybridized carbons (Fsp3) is 0.200. The van der Waals surface area contributed by atoms with Gasteiger partial charge in [0, 0.05) is 19.8 Å². The number of hydrogen-bond acceptors (Lipinski definition) is 4. The summed E-state index contributed by atoms with van der Waals surface area (Å²) in [7, 11) is 3.95. The summed E-state index contributed by atoms with van der Waals surface area (Å²) in [5.74, 6) is -0.268. The van der Waals surface area contributed by atoms with E-state index >= 15 is 0 Å². The van der Waals surface area contributed by atoms with Gasteiger partial charge >= 0.3 is 0 Å². The summed E-state index contributed by atoms with van der Waals surface area (Å²) < 4.78 is 0. The van der Waals surface area contributed by atoms with E-state index < -0.39 is 0 Å². The predicted molar refractivity (Wildman–Crippen MR) is 105 cm³/mol. The second-order valence-electron chi connectivity index (χ2n) is 6.02. The van der Waals surface area contributed by atoms with Crippen molar-refractivity contribution in [2.24, 2.45) is 0 Å². The minimum atomic E-state index is -0.268. The van der Waals surface area contributed by atoms with Gasteiger partial charge in [-0.15, -0.1) is 0 Å². The van der Waals surface area contributed by atoms with Crippen LogP contribution in [0.5, 0.6) is 0 Å². The molecule has 25 heavy (non-hydrogen) atoms. The molecule has 0 aliphatic carbocycles. The number of hydrogen-bond donors (Lipinski definition) is 0. The van der Waals surface area contributed by atoms with Crippen LogP contribution in [0.4, 0.5) is 16.2 Å². The van der Waals surface area contributed by atoms with Crippen molar-refractivity contribution in [3.05, 3.63) is 64.6 Å². The molecule has 0 saturated carbocycles. The van der Waals surface area contributed by atoms with Crippen molar-refractivity contribution in [1.82, 2.24) is 0 Å². The van der Waals surface area contributed by atoms with Gasteiger partial charge in [0.1, 0.15) is 0 Å². The van der Waals surface area contributed by atoms with Crippen LogP contribution in [-0.4, -0.2) is 25.2 Å². The van der Waals surface area contributed by atoms with Crippen molar-refractivity contribution >= 4 is 40.4 Å². The molecular formula is C20H20N2O2S. The van der Waals surface area contributed by atoms with Crippen molar-refractivity contribution in [1.29, 1.82) is 0 Å². The SMILES string of the molecule is CCc1ccc(N2C(=O)S/C(=C\c3ccc(N(C)C)cc3)C2=O)cc1. The molecule has 4 nitrogen and oxygen atoms in total. The Kier molecular flexibility index (Phi) is 4.95. The lowest BCUT2D eigenvalue weighted by atomic mass is 10.1. The molecule has 0 unspecified atom stereocenters. The Morgan fingerprint density at radius 1 is 1.00 bits per heavy atom. The second kappa shape index (κ2) is 7.15. The molecule has 1 fully saturated rings. The largest absolute Gasteiger partial charge is 0.378 e. The predicted octanol–water partition coefficient (Wildman–Crippen LogP) is 4.56. The minimum absolute atomic E-state index is 0.259. The zero-order valence-electron chi connectivity index (χ0n) is 14.5. The van der Waals surface area contributed by atoms with E-state index in [-0.39, 0.29) is 11.1 Å². The van der Waals surface area contributed by atoms with Crippen LogP contribution in [0.2, 0.25) is 0 Å². The first-order valence-electron chi connectivity index (χ1n) is 8.14. The molecule has 3 rings (SSSR count). The quantitative estimate of drug-likeness (QED) is 0.757. The van der Waals surface area contributed by atoms with Crippen molar-refractivity contribution in [2.45, 2.75) is 13.3 Å². The van der Waals surface area contributed by atoms with Gasteiger partial charge in [0.05, 0.1) is 10.6 Å². The molecule has 0 atom stereocenters. The Morgan fingerprint density at radius 2 is 1.64 bits per heavy atom. The Bertz CT molecular complexity index is 824. The van der Waals surface area contributed by atoms with Gasteiger partial charge in [-0.05, 0) is 59.7 Å². The van der Waals surface area contributed by atoms with Crippen molar-refractivity contribution in [2.75, 3.05) is 23.9 Å². The highest BCUT2D eigenvalue weighted by molar-refractivity contribution is 8.19. The van der Waals surface area contributed by atoms with Gasteiger partial charge in [0.2, 0.25) is 0 Å². The molecule has 2 aromatic rings. The lowest BCUT2D eigenvalue weighted by molar-refractivity contribution is -0.113. The number of thioether (sulfide) groups is 1. The summed E-state index contributed by atoms with van der Waals surface area (Å²) >= 11 is 0.980. The molecule has 1 aliphatic heterocycles. The number of carbonyl (C=O) groups excluding carboxylic acids is 2. The average molecular weight is 352 g/mol. The van der Waals surface area contributed by atoms with Gasteiger partial charge in [0.15, 0.2) is 0 Å². The first kappa shape index (κ1) is 17.3. The standard InChI is InChI=1S/C20H20N2O2S/c1-4-14-5-11-17(12-6-14)22-19(23)18(25-20(22)24)13-15-7-9-16(10-8-15)21(2)3/h5-13H,4H2,1-3H3/b18-13-. The molecule has 0 bridgehead atoms. The third-order valence-corrected chi connectivity index (χ3v) is 4.97. The van der Waals surface area contributed by atoms with E-state index in [2.05, 4.69) is 6.92 Å². The topological polar surface area (TPSA) is 40.6 Å². The Hall–Kier alpha value is -2.53. The summed E-state index contributed by atoms with van der Waals surface area (Å²) in [5.41, 5.74) is 3.78. The zero-order valence-corrected chi connectivity index (χ0v) is 15.3. The number of nitrogens with zero attached hydrogens (tertiary/aromatic N) is 2. The van der Waals surface area contributed by atoms with Crippen molar-refractivity contribution < 1.29 is 9.59 Å². The maximum absolute atomic E-state index is 12.7. The molecular weight excluding hydrogens is 332 g/mol. The smallest absolute Gasteiger partial charge is 0.298 e. The van der Waals surface area contributed by atoms with Crippen LogP contribution in [0.1, 0.15) is 18.1 Å². The van der Waals surface area contributed by atoms with E-state index in [1.165, 1.54) is 10.5 Å². The molecule has 128 valence electrons. The zero-order chi connectivity index (χ0) is 18.0. The van der Waals surface area contributed by atoms with Gasteiger partial charge in [-0.25, -0.2) is 4.90 Å². The van der Waals surface area contributed by atoms with Gasteiger partial charge in [0.25, 0.3) is 11.1 Å².